The molecule has 1 saturated carbocycles. The van der Waals surface area contributed by atoms with Crippen LogP contribution in [0, 0.1) is 0 Å². The number of nitrogens with two attached hydrogens (primary N) is 1. The van der Waals surface area contributed by atoms with Gasteiger partial charge >= 0.3 is 0 Å². The molecule has 96 valence electrons. The van der Waals surface area contributed by atoms with Crippen LogP contribution in [-0.4, -0.2) is 30.9 Å². The van der Waals surface area contributed by atoms with E-state index in [4.69, 9.17) is 5.73 Å². The molecule has 2 aliphatic rings. The molecule has 0 saturated heterocycles. The predicted octanol–water partition coefficient (Wildman–Crippen LogP) is 2.11. The molecule has 0 bridgehead atoms. The highest BCUT2D eigenvalue weighted by Gasteiger charge is 2.31. The van der Waals surface area contributed by atoms with Crippen LogP contribution in [0.1, 0.15) is 36.8 Å². The van der Waals surface area contributed by atoms with E-state index in [-0.39, 0.29) is 5.54 Å². The van der Waals surface area contributed by atoms with Crippen molar-refractivity contribution in [3.8, 4) is 0 Å². The largest absolute Gasteiger partial charge is 0.358 e. The van der Waals surface area contributed by atoms with Gasteiger partial charge in [-0.25, -0.2) is 0 Å². The third-order valence-corrected chi connectivity index (χ3v) is 4.27. The molecule has 18 heavy (non-hydrogen) atoms. The summed E-state index contributed by atoms with van der Waals surface area (Å²) in [6, 6.07) is 8.72. The molecule has 0 radical (unpaired) electrons. The highest BCUT2D eigenvalue weighted by molar-refractivity contribution is 5.99. The Kier molecular flexibility index (Phi) is 2.86. The summed E-state index contributed by atoms with van der Waals surface area (Å²) in [4.78, 5) is 6.75. The SMILES string of the molecule is CN1CCN=C1c1ccc(C2(N)CCCC2)cc1. The van der Waals surface area contributed by atoms with E-state index in [1.54, 1.807) is 0 Å². The van der Waals surface area contributed by atoms with Crippen molar-refractivity contribution in [3.63, 3.8) is 0 Å². The Bertz CT molecular complexity index is 455. The molecular weight excluding hydrogens is 222 g/mol. The first-order valence-corrected chi connectivity index (χ1v) is 6.84. The van der Waals surface area contributed by atoms with Crippen molar-refractivity contribution in [2.24, 2.45) is 10.7 Å². The second-order valence-corrected chi connectivity index (χ2v) is 5.57. The Morgan fingerprint density at radius 3 is 2.39 bits per heavy atom. The average molecular weight is 243 g/mol. The van der Waals surface area contributed by atoms with Gasteiger partial charge in [0.15, 0.2) is 0 Å². The Hall–Kier alpha value is -1.35. The minimum Gasteiger partial charge on any atom is -0.358 e. The minimum absolute atomic E-state index is 0.0814. The van der Waals surface area contributed by atoms with E-state index in [9.17, 15) is 0 Å². The molecule has 1 aliphatic heterocycles. The van der Waals surface area contributed by atoms with Gasteiger partial charge in [0.05, 0.1) is 6.54 Å². The lowest BCUT2D eigenvalue weighted by atomic mass is 9.89. The summed E-state index contributed by atoms with van der Waals surface area (Å²) in [6.45, 7) is 1.94. The lowest BCUT2D eigenvalue weighted by molar-refractivity contribution is 0.461. The molecular formula is C15H21N3. The average Bonchev–Trinajstić information content (AvgIpc) is 2.99. The topological polar surface area (TPSA) is 41.6 Å². The third-order valence-electron chi connectivity index (χ3n) is 4.27. The van der Waals surface area contributed by atoms with Crippen LogP contribution in [0.3, 0.4) is 0 Å². The zero-order valence-electron chi connectivity index (χ0n) is 11.0. The van der Waals surface area contributed by atoms with Crippen molar-refractivity contribution in [3.05, 3.63) is 35.4 Å². The Labute approximate surface area is 109 Å². The van der Waals surface area contributed by atoms with E-state index >= 15 is 0 Å². The number of rotatable bonds is 2. The zero-order chi connectivity index (χ0) is 12.6. The van der Waals surface area contributed by atoms with E-state index in [1.807, 2.05) is 0 Å². The van der Waals surface area contributed by atoms with E-state index < -0.39 is 0 Å². The second-order valence-electron chi connectivity index (χ2n) is 5.57. The fraction of sp³-hybridized carbons (Fsp3) is 0.533. The van der Waals surface area contributed by atoms with E-state index in [2.05, 4.69) is 41.2 Å². The number of hydrogen-bond acceptors (Lipinski definition) is 3. The molecule has 0 unspecified atom stereocenters. The highest BCUT2D eigenvalue weighted by Crippen LogP contribution is 2.36. The monoisotopic (exact) mass is 243 g/mol. The Morgan fingerprint density at radius 1 is 1.17 bits per heavy atom. The molecule has 3 heteroatoms. The van der Waals surface area contributed by atoms with Crippen LogP contribution in [0.4, 0.5) is 0 Å². The lowest BCUT2D eigenvalue weighted by Gasteiger charge is -2.24. The summed E-state index contributed by atoms with van der Waals surface area (Å²) in [5.74, 6) is 1.11. The van der Waals surface area contributed by atoms with Crippen LogP contribution in [0.25, 0.3) is 0 Å². The molecule has 0 amide bonds. The van der Waals surface area contributed by atoms with Crippen molar-refractivity contribution in [1.82, 2.24) is 4.90 Å². The zero-order valence-corrected chi connectivity index (χ0v) is 11.0. The van der Waals surface area contributed by atoms with Gasteiger partial charge in [-0.15, -0.1) is 0 Å². The van der Waals surface area contributed by atoms with Crippen molar-refractivity contribution in [1.29, 1.82) is 0 Å². The van der Waals surface area contributed by atoms with Gasteiger partial charge < -0.3 is 10.6 Å². The van der Waals surface area contributed by atoms with Crippen molar-refractivity contribution in [2.45, 2.75) is 31.2 Å². The quantitative estimate of drug-likeness (QED) is 0.864. The van der Waals surface area contributed by atoms with Gasteiger partial charge in [-0.2, -0.15) is 0 Å². The maximum Gasteiger partial charge on any atom is 0.130 e. The smallest absolute Gasteiger partial charge is 0.130 e. The number of amidine groups is 1. The first kappa shape index (κ1) is 11.7. The fourth-order valence-electron chi connectivity index (χ4n) is 3.09. The molecule has 2 N–H and O–H groups in total. The maximum atomic E-state index is 6.47. The van der Waals surface area contributed by atoms with Gasteiger partial charge in [-0.05, 0) is 18.4 Å². The number of aliphatic imine (C=N–C) groups is 1. The van der Waals surface area contributed by atoms with Crippen LogP contribution in [0.15, 0.2) is 29.3 Å². The van der Waals surface area contributed by atoms with Gasteiger partial charge in [0.1, 0.15) is 5.84 Å². The number of benzene rings is 1. The van der Waals surface area contributed by atoms with Gasteiger partial charge in [-0.1, -0.05) is 37.1 Å². The molecule has 1 aromatic rings. The highest BCUT2D eigenvalue weighted by atomic mass is 15.2. The van der Waals surface area contributed by atoms with Gasteiger partial charge in [0.2, 0.25) is 0 Å². The van der Waals surface area contributed by atoms with Crippen LogP contribution >= 0.6 is 0 Å². The van der Waals surface area contributed by atoms with E-state index in [0.717, 1.165) is 31.8 Å². The van der Waals surface area contributed by atoms with Crippen LogP contribution in [0.5, 0.6) is 0 Å². The van der Waals surface area contributed by atoms with Crippen molar-refractivity contribution < 1.29 is 0 Å². The molecule has 0 aromatic heterocycles. The molecule has 3 rings (SSSR count). The Morgan fingerprint density at radius 2 is 1.83 bits per heavy atom. The van der Waals surface area contributed by atoms with Gasteiger partial charge in [0.25, 0.3) is 0 Å². The van der Waals surface area contributed by atoms with Crippen molar-refractivity contribution in [2.75, 3.05) is 20.1 Å². The summed E-state index contributed by atoms with van der Waals surface area (Å²) in [6.07, 6.45) is 4.75. The van der Waals surface area contributed by atoms with Crippen LogP contribution in [-0.2, 0) is 5.54 Å². The normalized spacial score (nSPS) is 22.3. The van der Waals surface area contributed by atoms with Crippen molar-refractivity contribution >= 4 is 5.84 Å². The number of hydrogen-bond donors (Lipinski definition) is 1. The summed E-state index contributed by atoms with van der Waals surface area (Å²) in [5, 5.41) is 0. The molecule has 3 nitrogen and oxygen atoms in total. The lowest BCUT2D eigenvalue weighted by Crippen LogP contribution is -2.33. The first-order valence-electron chi connectivity index (χ1n) is 6.84. The number of nitrogens with zero attached hydrogens (tertiary/aromatic N) is 2. The van der Waals surface area contributed by atoms with Gasteiger partial charge in [0, 0.05) is 24.7 Å². The maximum absolute atomic E-state index is 6.47. The van der Waals surface area contributed by atoms with Gasteiger partial charge in [-0.3, -0.25) is 4.99 Å². The summed E-state index contributed by atoms with van der Waals surface area (Å²) >= 11 is 0. The van der Waals surface area contributed by atoms with Crippen LogP contribution in [0.2, 0.25) is 0 Å². The predicted molar refractivity (Wildman–Crippen MR) is 74.8 cm³/mol. The second kappa shape index (κ2) is 4.39. The molecule has 0 spiro atoms. The molecule has 1 aromatic carbocycles. The summed E-state index contributed by atoms with van der Waals surface area (Å²) in [7, 11) is 2.10. The molecule has 0 atom stereocenters. The standard InChI is InChI=1S/C15H21N3/c1-18-11-10-17-14(18)12-4-6-13(7-5-12)15(16)8-2-3-9-15/h4-7H,2-3,8-11,16H2,1H3. The Balaban J connectivity index is 1.85. The molecule has 1 aliphatic carbocycles. The third kappa shape index (κ3) is 1.93. The summed E-state index contributed by atoms with van der Waals surface area (Å²) < 4.78 is 0. The molecule has 1 heterocycles. The fourth-order valence-corrected chi connectivity index (χ4v) is 3.09. The first-order chi connectivity index (χ1) is 8.69. The summed E-state index contributed by atoms with van der Waals surface area (Å²) in [5.41, 5.74) is 8.88. The van der Waals surface area contributed by atoms with Crippen LogP contribution < -0.4 is 5.73 Å². The minimum atomic E-state index is -0.0814. The number of likely N-dealkylation sites (N-methyl/N-ethyl adjacent to an activating group) is 1. The van der Waals surface area contributed by atoms with E-state index in [1.165, 1.54) is 24.0 Å². The van der Waals surface area contributed by atoms with E-state index in [0.29, 0.717) is 0 Å². The molecule has 1 fully saturated rings.